The number of methoxy groups -OCH3 is 1. The Morgan fingerprint density at radius 1 is 1.00 bits per heavy atom. The lowest BCUT2D eigenvalue weighted by atomic mass is 10.1. The predicted octanol–water partition coefficient (Wildman–Crippen LogP) is 5.60. The molecule has 0 saturated heterocycles. The molecule has 0 bridgehead atoms. The molecule has 0 aliphatic carbocycles. The summed E-state index contributed by atoms with van der Waals surface area (Å²) >= 11 is 6.28. The van der Waals surface area contributed by atoms with Crippen LogP contribution in [-0.2, 0) is 16.0 Å². The number of fused-ring (bicyclic) bond motifs is 1. The van der Waals surface area contributed by atoms with Crippen molar-refractivity contribution in [2.75, 3.05) is 20.3 Å². The first kappa shape index (κ1) is 25.3. The lowest BCUT2D eigenvalue weighted by Gasteiger charge is -2.13. The monoisotopic (exact) mass is 508 g/mol. The van der Waals surface area contributed by atoms with Gasteiger partial charge in [-0.25, -0.2) is 4.79 Å². The van der Waals surface area contributed by atoms with Crippen molar-refractivity contribution in [3.8, 4) is 22.8 Å². The van der Waals surface area contributed by atoms with Gasteiger partial charge in [0.2, 0.25) is 0 Å². The van der Waals surface area contributed by atoms with E-state index in [1.807, 2.05) is 30.3 Å². The second-order valence-corrected chi connectivity index (χ2v) is 8.49. The standard InChI is InChI=1S/C28H25ClO7/c1-33-27(28(31)32)15-18-8-10-25(22(29)14-18)35-13-5-12-34-20-9-11-24-21(16-20)23(30)17-26(36-24)19-6-3-2-4-7-19/h2-4,6-11,14,16-17,27H,5,12-13,15H2,1H3,(H,31,32). The highest BCUT2D eigenvalue weighted by molar-refractivity contribution is 6.32. The highest BCUT2D eigenvalue weighted by atomic mass is 35.5. The van der Waals surface area contributed by atoms with Crippen LogP contribution in [0.2, 0.25) is 5.02 Å². The van der Waals surface area contributed by atoms with Crippen LogP contribution in [0.25, 0.3) is 22.3 Å². The molecule has 1 atom stereocenters. The lowest BCUT2D eigenvalue weighted by molar-refractivity contribution is -0.148. The maximum atomic E-state index is 12.6. The van der Waals surface area contributed by atoms with Gasteiger partial charge in [0, 0.05) is 31.6 Å². The first-order valence-corrected chi connectivity index (χ1v) is 11.8. The number of halogens is 1. The lowest BCUT2D eigenvalue weighted by Crippen LogP contribution is -2.24. The average Bonchev–Trinajstić information content (AvgIpc) is 2.88. The molecule has 4 rings (SSSR count). The number of hydrogen-bond donors (Lipinski definition) is 1. The quantitative estimate of drug-likeness (QED) is 0.263. The Labute approximate surface area is 212 Å². The van der Waals surface area contributed by atoms with Gasteiger partial charge >= 0.3 is 5.97 Å². The second-order valence-electron chi connectivity index (χ2n) is 8.08. The van der Waals surface area contributed by atoms with Crippen molar-refractivity contribution >= 4 is 28.5 Å². The maximum absolute atomic E-state index is 12.6. The van der Waals surface area contributed by atoms with E-state index < -0.39 is 12.1 Å². The van der Waals surface area contributed by atoms with Crippen LogP contribution in [0.5, 0.6) is 11.5 Å². The third-order valence-corrected chi connectivity index (χ3v) is 5.84. The molecule has 1 aromatic heterocycles. The van der Waals surface area contributed by atoms with Crippen molar-refractivity contribution in [2.45, 2.75) is 18.9 Å². The summed E-state index contributed by atoms with van der Waals surface area (Å²) in [7, 11) is 1.36. The molecule has 0 aliphatic rings. The van der Waals surface area contributed by atoms with Crippen LogP contribution in [0.1, 0.15) is 12.0 Å². The molecule has 0 amide bonds. The fourth-order valence-electron chi connectivity index (χ4n) is 3.67. The van der Waals surface area contributed by atoms with Gasteiger partial charge in [0.15, 0.2) is 11.5 Å². The molecule has 1 N–H and O–H groups in total. The van der Waals surface area contributed by atoms with E-state index in [-0.39, 0.29) is 11.8 Å². The Balaban J connectivity index is 1.30. The third-order valence-electron chi connectivity index (χ3n) is 5.55. The molecule has 0 radical (unpaired) electrons. The molecule has 4 aromatic rings. The number of rotatable bonds is 11. The SMILES string of the molecule is COC(Cc1ccc(OCCCOc2ccc3oc(-c4ccccc4)cc(=O)c3c2)c(Cl)c1)C(=O)O. The van der Waals surface area contributed by atoms with E-state index in [9.17, 15) is 9.59 Å². The molecule has 1 heterocycles. The van der Waals surface area contributed by atoms with E-state index in [2.05, 4.69) is 0 Å². The summed E-state index contributed by atoms with van der Waals surface area (Å²) in [5.74, 6) is 0.558. The first-order chi connectivity index (χ1) is 17.4. The van der Waals surface area contributed by atoms with E-state index >= 15 is 0 Å². The normalized spacial score (nSPS) is 11.8. The number of benzene rings is 3. The van der Waals surface area contributed by atoms with Gasteiger partial charge in [0.1, 0.15) is 22.8 Å². The average molecular weight is 509 g/mol. The minimum absolute atomic E-state index is 0.137. The summed E-state index contributed by atoms with van der Waals surface area (Å²) in [6.45, 7) is 0.744. The maximum Gasteiger partial charge on any atom is 0.333 e. The molecule has 0 saturated carbocycles. The molecular weight excluding hydrogens is 484 g/mol. The summed E-state index contributed by atoms with van der Waals surface area (Å²) < 4.78 is 22.4. The van der Waals surface area contributed by atoms with Gasteiger partial charge < -0.3 is 23.7 Å². The Bertz CT molecular complexity index is 1400. The molecule has 0 spiro atoms. The molecular formula is C28H25ClO7. The highest BCUT2D eigenvalue weighted by Gasteiger charge is 2.17. The largest absolute Gasteiger partial charge is 0.493 e. The van der Waals surface area contributed by atoms with Crippen LogP contribution in [-0.4, -0.2) is 37.5 Å². The molecule has 8 heteroatoms. The van der Waals surface area contributed by atoms with E-state index in [0.29, 0.717) is 52.9 Å². The van der Waals surface area contributed by atoms with Crippen LogP contribution in [0, 0.1) is 0 Å². The number of carboxylic acids is 1. The van der Waals surface area contributed by atoms with Crippen molar-refractivity contribution in [1.29, 1.82) is 0 Å². The van der Waals surface area contributed by atoms with Gasteiger partial charge in [-0.15, -0.1) is 0 Å². The van der Waals surface area contributed by atoms with Crippen molar-refractivity contribution < 1.29 is 28.5 Å². The highest BCUT2D eigenvalue weighted by Crippen LogP contribution is 2.27. The minimum atomic E-state index is -1.03. The number of carbonyl (C=O) groups is 1. The predicted molar refractivity (Wildman–Crippen MR) is 137 cm³/mol. The van der Waals surface area contributed by atoms with Gasteiger partial charge in [0.05, 0.1) is 23.6 Å². The van der Waals surface area contributed by atoms with Crippen LogP contribution in [0.4, 0.5) is 0 Å². The van der Waals surface area contributed by atoms with Gasteiger partial charge in [-0.05, 0) is 35.9 Å². The fraction of sp³-hybridized carbons (Fsp3) is 0.214. The summed E-state index contributed by atoms with van der Waals surface area (Å²) in [4.78, 5) is 23.8. The second kappa shape index (κ2) is 11.7. The smallest absolute Gasteiger partial charge is 0.333 e. The summed E-state index contributed by atoms with van der Waals surface area (Å²) in [6.07, 6.45) is -0.142. The number of hydrogen-bond acceptors (Lipinski definition) is 6. The van der Waals surface area contributed by atoms with E-state index in [4.69, 9.17) is 35.3 Å². The summed E-state index contributed by atoms with van der Waals surface area (Å²) in [5.41, 5.74) is 1.94. The van der Waals surface area contributed by atoms with Crippen LogP contribution < -0.4 is 14.9 Å². The number of ether oxygens (including phenoxy) is 3. The van der Waals surface area contributed by atoms with Crippen LogP contribution >= 0.6 is 11.6 Å². The van der Waals surface area contributed by atoms with E-state index in [0.717, 1.165) is 11.1 Å². The van der Waals surface area contributed by atoms with Gasteiger partial charge in [-0.3, -0.25) is 4.79 Å². The molecule has 36 heavy (non-hydrogen) atoms. The topological polar surface area (TPSA) is 95.2 Å². The summed E-state index contributed by atoms with van der Waals surface area (Å²) in [5, 5.41) is 9.96. The fourth-order valence-corrected chi connectivity index (χ4v) is 3.93. The molecule has 0 fully saturated rings. The zero-order valence-electron chi connectivity index (χ0n) is 19.6. The molecule has 3 aromatic carbocycles. The molecule has 186 valence electrons. The van der Waals surface area contributed by atoms with Gasteiger partial charge in [0.25, 0.3) is 0 Å². The third kappa shape index (κ3) is 6.24. The van der Waals surface area contributed by atoms with Crippen LogP contribution in [0.15, 0.2) is 82.0 Å². The summed E-state index contributed by atoms with van der Waals surface area (Å²) in [6, 6.07) is 21.3. The van der Waals surface area contributed by atoms with Gasteiger partial charge in [-0.1, -0.05) is 48.0 Å². The number of aliphatic carboxylic acids is 1. The Kier molecular flexibility index (Phi) is 8.25. The zero-order chi connectivity index (χ0) is 25.5. The molecule has 0 aliphatic heterocycles. The Hall–Kier alpha value is -3.81. The van der Waals surface area contributed by atoms with Crippen molar-refractivity contribution in [2.24, 2.45) is 0 Å². The van der Waals surface area contributed by atoms with Crippen LogP contribution in [0.3, 0.4) is 0 Å². The van der Waals surface area contributed by atoms with Gasteiger partial charge in [-0.2, -0.15) is 0 Å². The zero-order valence-corrected chi connectivity index (χ0v) is 20.4. The Morgan fingerprint density at radius 2 is 1.78 bits per heavy atom. The number of carboxylic acid groups (broad SMARTS) is 1. The van der Waals surface area contributed by atoms with Crippen molar-refractivity contribution in [3.63, 3.8) is 0 Å². The molecule has 1 unspecified atom stereocenters. The van der Waals surface area contributed by atoms with Crippen molar-refractivity contribution in [3.05, 3.63) is 93.6 Å². The minimum Gasteiger partial charge on any atom is -0.493 e. The van der Waals surface area contributed by atoms with Crippen molar-refractivity contribution in [1.82, 2.24) is 0 Å². The van der Waals surface area contributed by atoms with E-state index in [1.165, 1.54) is 13.2 Å². The van der Waals surface area contributed by atoms with E-state index in [1.54, 1.807) is 36.4 Å². The first-order valence-electron chi connectivity index (χ1n) is 11.4. The molecule has 7 nitrogen and oxygen atoms in total. The Morgan fingerprint density at radius 3 is 2.50 bits per heavy atom.